The van der Waals surface area contributed by atoms with Crippen molar-refractivity contribution in [2.75, 3.05) is 0 Å². The summed E-state index contributed by atoms with van der Waals surface area (Å²) >= 11 is 0. The second-order valence-electron chi connectivity index (χ2n) is 5.39. The fourth-order valence-electron chi connectivity index (χ4n) is 2.41. The van der Waals surface area contributed by atoms with Gasteiger partial charge in [-0.3, -0.25) is 0 Å². The summed E-state index contributed by atoms with van der Waals surface area (Å²) in [7, 11) is 0. The number of aromatic nitrogens is 1. The third kappa shape index (κ3) is 2.16. The number of carboxylic acid groups (broad SMARTS) is 1. The normalized spacial score (nSPS) is 14.6. The fourth-order valence-corrected chi connectivity index (χ4v) is 2.41. The van der Waals surface area contributed by atoms with Crippen LogP contribution in [-0.4, -0.2) is 16.1 Å². The molecule has 3 rings (SSSR count). The summed E-state index contributed by atoms with van der Waals surface area (Å²) in [5, 5.41) is 9.28. The second-order valence-corrected chi connectivity index (χ2v) is 5.39. The molecular weight excluding hydrogens is 238 g/mol. The molecule has 2 aromatic rings. The van der Waals surface area contributed by atoms with Gasteiger partial charge in [0.1, 0.15) is 0 Å². The van der Waals surface area contributed by atoms with Crippen molar-refractivity contribution in [1.29, 1.82) is 0 Å². The maximum atomic E-state index is 11.3. The van der Waals surface area contributed by atoms with Crippen molar-refractivity contribution in [2.24, 2.45) is 0 Å². The first kappa shape index (κ1) is 12.0. The van der Waals surface area contributed by atoms with E-state index in [-0.39, 0.29) is 0 Å². The highest BCUT2D eigenvalue weighted by Crippen LogP contribution is 2.42. The SMILES string of the molecule is Cc1ccc(-c2cc(C(=O)O)c(C3CC3)[nH]2)cc1C. The predicted molar refractivity (Wildman–Crippen MR) is 74.6 cm³/mol. The maximum absolute atomic E-state index is 11.3. The van der Waals surface area contributed by atoms with Crippen molar-refractivity contribution in [1.82, 2.24) is 4.98 Å². The topological polar surface area (TPSA) is 53.1 Å². The van der Waals surface area contributed by atoms with Gasteiger partial charge in [-0.25, -0.2) is 4.79 Å². The molecule has 1 aromatic heterocycles. The van der Waals surface area contributed by atoms with Gasteiger partial charge < -0.3 is 10.1 Å². The van der Waals surface area contributed by atoms with E-state index in [2.05, 4.69) is 31.0 Å². The van der Waals surface area contributed by atoms with E-state index >= 15 is 0 Å². The van der Waals surface area contributed by atoms with Crippen LogP contribution in [0.3, 0.4) is 0 Å². The van der Waals surface area contributed by atoms with Crippen molar-refractivity contribution in [3.8, 4) is 11.3 Å². The van der Waals surface area contributed by atoms with Crippen LogP contribution in [0.15, 0.2) is 24.3 Å². The first-order valence-electron chi connectivity index (χ1n) is 6.60. The van der Waals surface area contributed by atoms with Crippen LogP contribution in [0.1, 0.15) is 45.9 Å². The lowest BCUT2D eigenvalue weighted by atomic mass is 10.0. The molecule has 0 radical (unpaired) electrons. The highest BCUT2D eigenvalue weighted by atomic mass is 16.4. The highest BCUT2D eigenvalue weighted by Gasteiger charge is 2.30. The summed E-state index contributed by atoms with van der Waals surface area (Å²) in [4.78, 5) is 14.6. The third-order valence-electron chi connectivity index (χ3n) is 3.88. The number of carboxylic acids is 1. The van der Waals surface area contributed by atoms with Gasteiger partial charge in [-0.1, -0.05) is 12.1 Å². The minimum absolute atomic E-state index is 0.409. The molecule has 1 heterocycles. The molecule has 0 aliphatic heterocycles. The van der Waals surface area contributed by atoms with Crippen LogP contribution < -0.4 is 0 Å². The largest absolute Gasteiger partial charge is 0.478 e. The molecule has 1 aliphatic rings. The van der Waals surface area contributed by atoms with E-state index < -0.39 is 5.97 Å². The van der Waals surface area contributed by atoms with E-state index in [1.807, 2.05) is 6.07 Å². The van der Waals surface area contributed by atoms with Gasteiger partial charge in [-0.15, -0.1) is 0 Å². The number of rotatable bonds is 3. The smallest absolute Gasteiger partial charge is 0.337 e. The zero-order valence-corrected chi connectivity index (χ0v) is 11.2. The molecule has 3 heteroatoms. The predicted octanol–water partition coefficient (Wildman–Crippen LogP) is 3.87. The molecule has 98 valence electrons. The van der Waals surface area contributed by atoms with Gasteiger partial charge in [-0.05, 0) is 61.4 Å². The Labute approximate surface area is 112 Å². The Morgan fingerprint density at radius 1 is 1.21 bits per heavy atom. The molecule has 1 saturated carbocycles. The van der Waals surface area contributed by atoms with Crippen LogP contribution in [0.4, 0.5) is 0 Å². The molecule has 0 saturated heterocycles. The number of benzene rings is 1. The van der Waals surface area contributed by atoms with Crippen LogP contribution in [-0.2, 0) is 0 Å². The van der Waals surface area contributed by atoms with E-state index in [9.17, 15) is 9.90 Å². The summed E-state index contributed by atoms with van der Waals surface area (Å²) in [5.41, 5.74) is 5.74. The maximum Gasteiger partial charge on any atom is 0.337 e. The monoisotopic (exact) mass is 255 g/mol. The molecule has 0 unspecified atom stereocenters. The van der Waals surface area contributed by atoms with Gasteiger partial charge in [0.25, 0.3) is 0 Å². The lowest BCUT2D eigenvalue weighted by Gasteiger charge is -2.03. The van der Waals surface area contributed by atoms with E-state index in [1.165, 1.54) is 11.1 Å². The Morgan fingerprint density at radius 2 is 1.95 bits per heavy atom. The number of hydrogen-bond donors (Lipinski definition) is 2. The van der Waals surface area contributed by atoms with Crippen LogP contribution in [0.5, 0.6) is 0 Å². The van der Waals surface area contributed by atoms with Gasteiger partial charge >= 0.3 is 5.97 Å². The molecule has 3 nitrogen and oxygen atoms in total. The Hall–Kier alpha value is -2.03. The Bertz CT molecular complexity index is 651. The molecule has 2 N–H and O–H groups in total. The lowest BCUT2D eigenvalue weighted by Crippen LogP contribution is -1.98. The summed E-state index contributed by atoms with van der Waals surface area (Å²) in [6, 6.07) is 7.97. The van der Waals surface area contributed by atoms with Crippen molar-refractivity contribution >= 4 is 5.97 Å². The molecule has 19 heavy (non-hydrogen) atoms. The Kier molecular flexibility index (Phi) is 2.70. The number of nitrogens with one attached hydrogen (secondary N) is 1. The zero-order valence-electron chi connectivity index (χ0n) is 11.2. The van der Waals surface area contributed by atoms with Crippen molar-refractivity contribution < 1.29 is 9.90 Å². The third-order valence-corrected chi connectivity index (χ3v) is 3.88. The minimum atomic E-state index is -0.840. The number of carbonyl (C=O) groups is 1. The van der Waals surface area contributed by atoms with Crippen LogP contribution in [0.25, 0.3) is 11.3 Å². The average molecular weight is 255 g/mol. The highest BCUT2D eigenvalue weighted by molar-refractivity contribution is 5.91. The van der Waals surface area contributed by atoms with Crippen LogP contribution in [0.2, 0.25) is 0 Å². The van der Waals surface area contributed by atoms with E-state index in [4.69, 9.17) is 0 Å². The van der Waals surface area contributed by atoms with Crippen LogP contribution in [0, 0.1) is 13.8 Å². The van der Waals surface area contributed by atoms with E-state index in [1.54, 1.807) is 6.07 Å². The summed E-state index contributed by atoms with van der Waals surface area (Å²) in [6.45, 7) is 4.15. The quantitative estimate of drug-likeness (QED) is 0.874. The van der Waals surface area contributed by atoms with Gasteiger partial charge in [0.2, 0.25) is 0 Å². The summed E-state index contributed by atoms with van der Waals surface area (Å²) < 4.78 is 0. The Morgan fingerprint density at radius 3 is 2.53 bits per heavy atom. The standard InChI is InChI=1S/C16H17NO2/c1-9-3-4-12(7-10(9)2)14-8-13(16(18)19)15(17-14)11-5-6-11/h3-4,7-8,11,17H,5-6H2,1-2H3,(H,18,19). The van der Waals surface area contributed by atoms with Crippen molar-refractivity contribution in [3.05, 3.63) is 46.6 Å². The van der Waals surface area contributed by atoms with Gasteiger partial charge in [-0.2, -0.15) is 0 Å². The van der Waals surface area contributed by atoms with Crippen molar-refractivity contribution in [3.63, 3.8) is 0 Å². The van der Waals surface area contributed by atoms with E-state index in [0.717, 1.165) is 29.8 Å². The molecule has 0 atom stereocenters. The minimum Gasteiger partial charge on any atom is -0.478 e. The molecular formula is C16H17NO2. The van der Waals surface area contributed by atoms with Gasteiger partial charge in [0, 0.05) is 11.4 Å². The second kappa shape index (κ2) is 4.26. The molecule has 0 spiro atoms. The number of aromatic amines is 1. The first-order valence-corrected chi connectivity index (χ1v) is 6.60. The van der Waals surface area contributed by atoms with Crippen molar-refractivity contribution in [2.45, 2.75) is 32.6 Å². The number of hydrogen-bond acceptors (Lipinski definition) is 1. The fraction of sp³-hybridized carbons (Fsp3) is 0.312. The first-order chi connectivity index (χ1) is 9.06. The van der Waals surface area contributed by atoms with Crippen LogP contribution >= 0.6 is 0 Å². The van der Waals surface area contributed by atoms with Gasteiger partial charge in [0.05, 0.1) is 5.56 Å². The summed E-state index contributed by atoms with van der Waals surface area (Å²) in [6.07, 6.45) is 2.18. The molecule has 1 aliphatic carbocycles. The van der Waals surface area contributed by atoms with Gasteiger partial charge in [0.15, 0.2) is 0 Å². The average Bonchev–Trinajstić information content (AvgIpc) is 3.11. The van der Waals surface area contributed by atoms with E-state index in [0.29, 0.717) is 11.5 Å². The molecule has 0 amide bonds. The molecule has 1 fully saturated rings. The zero-order chi connectivity index (χ0) is 13.6. The molecule has 0 bridgehead atoms. The number of aromatic carboxylic acids is 1. The summed E-state index contributed by atoms with van der Waals surface area (Å²) in [5.74, 6) is -0.431. The Balaban J connectivity index is 2.07. The number of H-pyrrole nitrogens is 1. The number of aryl methyl sites for hydroxylation is 2. The lowest BCUT2D eigenvalue weighted by molar-refractivity contribution is 0.0696. The molecule has 1 aromatic carbocycles.